The molecule has 0 aliphatic rings. The van der Waals surface area contributed by atoms with E-state index in [0.717, 1.165) is 12.0 Å². The third kappa shape index (κ3) is 3.50. The van der Waals surface area contributed by atoms with Crippen molar-refractivity contribution < 1.29 is 4.79 Å². The molecule has 1 amide bonds. The fraction of sp³-hybridized carbons (Fsp3) is 0.286. The first-order valence-electron chi connectivity index (χ1n) is 6.46. The van der Waals surface area contributed by atoms with Gasteiger partial charge >= 0.3 is 0 Å². The lowest BCUT2D eigenvalue weighted by Crippen LogP contribution is -2.29. The molecule has 0 atom stereocenters. The summed E-state index contributed by atoms with van der Waals surface area (Å²) >= 11 is 0. The van der Waals surface area contributed by atoms with Gasteiger partial charge in [0.05, 0.1) is 0 Å². The number of hydrogen-bond donors (Lipinski definition) is 1. The molecule has 0 saturated heterocycles. The monoisotopic (exact) mass is 272 g/mol. The van der Waals surface area contributed by atoms with Crippen molar-refractivity contribution in [3.63, 3.8) is 0 Å². The second-order valence-electron chi connectivity index (χ2n) is 4.32. The average Bonchev–Trinajstić information content (AvgIpc) is 2.48. The van der Waals surface area contributed by atoms with Crippen molar-refractivity contribution in [1.82, 2.24) is 20.1 Å². The van der Waals surface area contributed by atoms with Crippen molar-refractivity contribution in [2.75, 3.05) is 0 Å². The lowest BCUT2D eigenvalue weighted by Gasteiger charge is -2.07. The van der Waals surface area contributed by atoms with E-state index in [2.05, 4.69) is 15.4 Å². The molecule has 2 aromatic heterocycles. The molecule has 0 fully saturated rings. The number of carbonyl (C=O) groups is 1. The van der Waals surface area contributed by atoms with Gasteiger partial charge in [-0.25, -0.2) is 4.68 Å². The highest BCUT2D eigenvalue weighted by atomic mass is 16.2. The third-order valence-electron chi connectivity index (χ3n) is 2.74. The first-order chi connectivity index (χ1) is 9.70. The lowest BCUT2D eigenvalue weighted by atomic mass is 10.2. The molecule has 2 heterocycles. The van der Waals surface area contributed by atoms with Crippen molar-refractivity contribution in [3.8, 4) is 0 Å². The Bertz CT molecular complexity index is 637. The molecule has 0 bridgehead atoms. The number of nitrogens with one attached hydrogen (secondary N) is 1. The summed E-state index contributed by atoms with van der Waals surface area (Å²) in [7, 11) is 0. The minimum absolute atomic E-state index is 0.197. The SMILES string of the molecule is CCCn1nc(C(=O)NCc2ccncc2)ccc1=O. The first kappa shape index (κ1) is 13.9. The van der Waals surface area contributed by atoms with Crippen LogP contribution in [0.3, 0.4) is 0 Å². The van der Waals surface area contributed by atoms with Crippen LogP contribution >= 0.6 is 0 Å². The van der Waals surface area contributed by atoms with Crippen molar-refractivity contribution >= 4 is 5.91 Å². The number of amides is 1. The Morgan fingerprint density at radius 3 is 2.70 bits per heavy atom. The van der Waals surface area contributed by atoms with E-state index in [-0.39, 0.29) is 17.2 Å². The van der Waals surface area contributed by atoms with Gasteiger partial charge in [0.1, 0.15) is 5.69 Å². The summed E-state index contributed by atoms with van der Waals surface area (Å²) in [5, 5.41) is 6.81. The molecule has 6 heteroatoms. The summed E-state index contributed by atoms with van der Waals surface area (Å²) in [6.07, 6.45) is 4.12. The van der Waals surface area contributed by atoms with Gasteiger partial charge in [0.2, 0.25) is 0 Å². The summed E-state index contributed by atoms with van der Waals surface area (Å²) in [5.74, 6) is -0.299. The van der Waals surface area contributed by atoms with Crippen LogP contribution in [0.2, 0.25) is 0 Å². The van der Waals surface area contributed by atoms with Gasteiger partial charge in [0.25, 0.3) is 11.5 Å². The Morgan fingerprint density at radius 1 is 1.25 bits per heavy atom. The smallest absolute Gasteiger partial charge is 0.271 e. The van der Waals surface area contributed by atoms with Crippen LogP contribution in [0.5, 0.6) is 0 Å². The standard InChI is InChI=1S/C14H16N4O2/c1-2-9-18-13(19)4-3-12(17-18)14(20)16-10-11-5-7-15-8-6-11/h3-8H,2,9-10H2,1H3,(H,16,20). The minimum Gasteiger partial charge on any atom is -0.347 e. The second-order valence-corrected chi connectivity index (χ2v) is 4.32. The van der Waals surface area contributed by atoms with Crippen LogP contribution in [0.25, 0.3) is 0 Å². The van der Waals surface area contributed by atoms with Gasteiger partial charge in [-0.1, -0.05) is 6.92 Å². The molecule has 2 rings (SSSR count). The predicted octanol–water partition coefficient (Wildman–Crippen LogP) is 0.978. The van der Waals surface area contributed by atoms with Gasteiger partial charge in [-0.3, -0.25) is 14.6 Å². The molecule has 1 N–H and O–H groups in total. The third-order valence-corrected chi connectivity index (χ3v) is 2.74. The van der Waals surface area contributed by atoms with Crippen LogP contribution in [0, 0.1) is 0 Å². The van der Waals surface area contributed by atoms with Crippen molar-refractivity contribution in [2.45, 2.75) is 26.4 Å². The molecule has 0 spiro atoms. The number of rotatable bonds is 5. The van der Waals surface area contributed by atoms with Crippen molar-refractivity contribution in [2.24, 2.45) is 0 Å². The fourth-order valence-electron chi connectivity index (χ4n) is 1.72. The zero-order valence-electron chi connectivity index (χ0n) is 11.2. The zero-order chi connectivity index (χ0) is 14.4. The van der Waals surface area contributed by atoms with Gasteiger partial charge in [-0.2, -0.15) is 5.10 Å². The molecule has 20 heavy (non-hydrogen) atoms. The van der Waals surface area contributed by atoms with E-state index in [1.165, 1.54) is 16.8 Å². The van der Waals surface area contributed by atoms with Gasteiger partial charge < -0.3 is 5.32 Å². The Kier molecular flexibility index (Phi) is 4.60. The van der Waals surface area contributed by atoms with E-state index in [4.69, 9.17) is 0 Å². The minimum atomic E-state index is -0.299. The van der Waals surface area contributed by atoms with Crippen molar-refractivity contribution in [1.29, 1.82) is 0 Å². The fourth-order valence-corrected chi connectivity index (χ4v) is 1.72. The van der Waals surface area contributed by atoms with Crippen LogP contribution in [0.15, 0.2) is 41.5 Å². The number of pyridine rings is 1. The summed E-state index contributed by atoms with van der Waals surface area (Å²) in [4.78, 5) is 27.4. The van der Waals surface area contributed by atoms with Gasteiger partial charge in [-0.05, 0) is 30.2 Å². The number of hydrogen-bond acceptors (Lipinski definition) is 4. The van der Waals surface area contributed by atoms with Gasteiger partial charge in [-0.15, -0.1) is 0 Å². The highest BCUT2D eigenvalue weighted by molar-refractivity contribution is 5.91. The normalized spacial score (nSPS) is 10.2. The molecular weight excluding hydrogens is 256 g/mol. The Labute approximate surface area is 116 Å². The molecule has 2 aromatic rings. The number of aromatic nitrogens is 3. The Balaban J connectivity index is 2.06. The largest absolute Gasteiger partial charge is 0.347 e. The Morgan fingerprint density at radius 2 is 2.00 bits per heavy atom. The maximum absolute atomic E-state index is 12.0. The summed E-state index contributed by atoms with van der Waals surface area (Å²) in [5.41, 5.74) is 1.000. The van der Waals surface area contributed by atoms with Crippen LogP contribution in [0.1, 0.15) is 29.4 Å². The Hall–Kier alpha value is -2.50. The van der Waals surface area contributed by atoms with Crippen molar-refractivity contribution in [3.05, 3.63) is 58.3 Å². The number of aryl methyl sites for hydroxylation is 1. The molecule has 0 saturated carbocycles. The lowest BCUT2D eigenvalue weighted by molar-refractivity contribution is 0.0943. The first-order valence-corrected chi connectivity index (χ1v) is 6.46. The van der Waals surface area contributed by atoms with E-state index < -0.39 is 0 Å². The van der Waals surface area contributed by atoms with Crippen LogP contribution in [-0.4, -0.2) is 20.7 Å². The highest BCUT2D eigenvalue weighted by Gasteiger charge is 2.09. The van der Waals surface area contributed by atoms with Crippen LogP contribution in [-0.2, 0) is 13.1 Å². The second kappa shape index (κ2) is 6.60. The number of carbonyl (C=O) groups excluding carboxylic acids is 1. The highest BCUT2D eigenvalue weighted by Crippen LogP contribution is 1.97. The van der Waals surface area contributed by atoms with E-state index in [0.29, 0.717) is 13.1 Å². The van der Waals surface area contributed by atoms with Crippen LogP contribution in [0.4, 0.5) is 0 Å². The summed E-state index contributed by atoms with van der Waals surface area (Å²) < 4.78 is 1.31. The summed E-state index contributed by atoms with van der Waals surface area (Å²) in [6.45, 7) is 2.85. The average molecular weight is 272 g/mol. The maximum Gasteiger partial charge on any atom is 0.271 e. The van der Waals surface area contributed by atoms with E-state index in [1.807, 2.05) is 19.1 Å². The molecule has 0 aliphatic heterocycles. The number of nitrogens with zero attached hydrogens (tertiary/aromatic N) is 3. The predicted molar refractivity (Wildman–Crippen MR) is 74.2 cm³/mol. The molecule has 0 aliphatic carbocycles. The molecular formula is C14H16N4O2. The topological polar surface area (TPSA) is 76.9 Å². The van der Waals surface area contributed by atoms with Gasteiger partial charge in [0.15, 0.2) is 0 Å². The maximum atomic E-state index is 12.0. The van der Waals surface area contributed by atoms with E-state index >= 15 is 0 Å². The quantitative estimate of drug-likeness (QED) is 0.880. The molecule has 0 radical (unpaired) electrons. The van der Waals surface area contributed by atoms with E-state index in [9.17, 15) is 9.59 Å². The van der Waals surface area contributed by atoms with Gasteiger partial charge in [0, 0.05) is 31.5 Å². The van der Waals surface area contributed by atoms with E-state index in [1.54, 1.807) is 12.4 Å². The molecule has 0 unspecified atom stereocenters. The molecule has 0 aromatic carbocycles. The molecule has 104 valence electrons. The summed E-state index contributed by atoms with van der Waals surface area (Å²) in [6, 6.07) is 6.46. The van der Waals surface area contributed by atoms with Crippen LogP contribution < -0.4 is 10.9 Å². The molecule has 6 nitrogen and oxygen atoms in total. The zero-order valence-corrected chi connectivity index (χ0v) is 11.2.